The number of piperazine rings is 1. The summed E-state index contributed by atoms with van der Waals surface area (Å²) < 4.78 is 0. The van der Waals surface area contributed by atoms with E-state index in [9.17, 15) is 9.90 Å². The molecule has 0 atom stereocenters. The molecule has 6 rings (SSSR count). The first-order chi connectivity index (χ1) is 21.3. The van der Waals surface area contributed by atoms with Crippen LogP contribution in [0.15, 0.2) is 54.2 Å². The van der Waals surface area contributed by atoms with Crippen LogP contribution in [0.3, 0.4) is 0 Å². The molecule has 0 radical (unpaired) electrons. The maximum Gasteiger partial charge on any atom is 0.324 e. The monoisotopic (exact) mass is 619 g/mol. The second-order valence-corrected chi connectivity index (χ2v) is 11.2. The Morgan fingerprint density at radius 2 is 1.59 bits per heavy atom. The molecular formula is C32H41N7O4S. The minimum absolute atomic E-state index is 0.327. The molecule has 3 aliphatic rings. The predicted molar refractivity (Wildman–Crippen MR) is 175 cm³/mol. The lowest BCUT2D eigenvalue weighted by Crippen LogP contribution is -2.50. The molecule has 12 heteroatoms. The second kappa shape index (κ2) is 15.5. The third-order valence-corrected chi connectivity index (χ3v) is 8.23. The van der Waals surface area contributed by atoms with Crippen LogP contribution in [0.4, 0.5) is 11.5 Å². The number of likely N-dealkylation sites (tertiary alicyclic amines) is 1. The van der Waals surface area contributed by atoms with E-state index in [1.165, 1.54) is 54.2 Å². The van der Waals surface area contributed by atoms with E-state index in [0.29, 0.717) is 44.3 Å². The number of aliphatic hydroxyl groups is 3. The average Bonchev–Trinajstić information content (AvgIpc) is 3.54. The molecule has 0 unspecified atom stereocenters. The normalized spacial score (nSPS) is 16.2. The highest BCUT2D eigenvalue weighted by atomic mass is 32.1. The number of benzene rings is 2. The van der Waals surface area contributed by atoms with E-state index in [4.69, 9.17) is 25.4 Å². The molecule has 11 nitrogen and oxygen atoms in total. The van der Waals surface area contributed by atoms with Crippen molar-refractivity contribution in [1.29, 1.82) is 5.26 Å². The van der Waals surface area contributed by atoms with Gasteiger partial charge in [0.2, 0.25) is 0 Å². The van der Waals surface area contributed by atoms with Crippen molar-refractivity contribution in [2.45, 2.75) is 38.5 Å². The summed E-state index contributed by atoms with van der Waals surface area (Å²) in [6, 6.07) is 16.5. The number of thiol groups is 1. The number of aromatic nitrogens is 2. The van der Waals surface area contributed by atoms with Crippen molar-refractivity contribution in [3.8, 4) is 6.07 Å². The van der Waals surface area contributed by atoms with Gasteiger partial charge in [0.05, 0.1) is 24.1 Å². The lowest BCUT2D eigenvalue weighted by Gasteiger charge is -2.38. The summed E-state index contributed by atoms with van der Waals surface area (Å²) >= 11 is 4.42. The van der Waals surface area contributed by atoms with E-state index >= 15 is 0 Å². The van der Waals surface area contributed by atoms with Crippen LogP contribution in [0.25, 0.3) is 10.8 Å². The number of carbonyl (C=O) groups excluding carboxylic acids is 1. The van der Waals surface area contributed by atoms with Crippen molar-refractivity contribution in [3.05, 3.63) is 71.3 Å². The van der Waals surface area contributed by atoms with Gasteiger partial charge in [-0.25, -0.2) is 9.97 Å². The molecule has 2 aromatic carbocycles. The number of hydrogen-bond donors (Lipinski definition) is 4. The van der Waals surface area contributed by atoms with E-state index in [1.54, 1.807) is 6.07 Å². The fourth-order valence-corrected chi connectivity index (χ4v) is 5.87. The third-order valence-electron chi connectivity index (χ3n) is 7.95. The standard InChI is InChI=1S/C25H27N5O4S.C5H11N.C2H3N/c31-22(25(33)34)24(32)29-12-10-28(11-13-29)23-18-8-9-30(14-19(18)26-21(15-35)27-23)20-7-3-5-16-4-1-2-6-17(16)20;1-6-4-2-3-5-6;1-2-3/h1-7,31,33-35H,8-15H2;2-5H2,1H3;1H3. The van der Waals surface area contributed by atoms with Gasteiger partial charge >= 0.3 is 5.95 Å². The summed E-state index contributed by atoms with van der Waals surface area (Å²) in [4.78, 5) is 30.1. The van der Waals surface area contributed by atoms with E-state index in [2.05, 4.69) is 70.8 Å². The van der Waals surface area contributed by atoms with Crippen molar-refractivity contribution in [2.24, 2.45) is 0 Å². The Morgan fingerprint density at radius 1 is 0.932 bits per heavy atom. The van der Waals surface area contributed by atoms with Crippen molar-refractivity contribution >= 4 is 40.8 Å². The molecule has 0 aliphatic carbocycles. The molecule has 3 aromatic rings. The molecular weight excluding hydrogens is 578 g/mol. The van der Waals surface area contributed by atoms with Gasteiger partial charge in [-0.2, -0.15) is 17.9 Å². The van der Waals surface area contributed by atoms with Gasteiger partial charge in [0.1, 0.15) is 11.6 Å². The van der Waals surface area contributed by atoms with Crippen LogP contribution >= 0.6 is 12.6 Å². The van der Waals surface area contributed by atoms with Crippen LogP contribution < -0.4 is 9.80 Å². The summed E-state index contributed by atoms with van der Waals surface area (Å²) in [5.74, 6) is -1.25. The van der Waals surface area contributed by atoms with Crippen LogP contribution in [0, 0.1) is 11.3 Å². The first-order valence-electron chi connectivity index (χ1n) is 14.8. The molecule has 2 saturated heterocycles. The number of hydrogen-bond acceptors (Lipinski definition) is 11. The summed E-state index contributed by atoms with van der Waals surface area (Å²) in [6.45, 7) is 7.25. The van der Waals surface area contributed by atoms with Crippen LogP contribution in [0.5, 0.6) is 0 Å². The van der Waals surface area contributed by atoms with Crippen LogP contribution in [-0.2, 0) is 23.5 Å². The van der Waals surface area contributed by atoms with Gasteiger partial charge < -0.3 is 34.9 Å². The Labute approximate surface area is 264 Å². The van der Waals surface area contributed by atoms with Crippen LogP contribution in [-0.4, -0.2) is 93.9 Å². The zero-order valence-electron chi connectivity index (χ0n) is 25.4. The Bertz CT molecular complexity index is 1500. The molecule has 4 heterocycles. The summed E-state index contributed by atoms with van der Waals surface area (Å²) in [7, 11) is 2.17. The van der Waals surface area contributed by atoms with E-state index in [0.717, 1.165) is 30.0 Å². The zero-order valence-corrected chi connectivity index (χ0v) is 26.2. The summed E-state index contributed by atoms with van der Waals surface area (Å²) in [6.07, 6.45) is 3.62. The first kappa shape index (κ1) is 32.7. The number of fused-ring (bicyclic) bond motifs is 2. The topological polar surface area (TPSA) is 140 Å². The molecule has 2 fully saturated rings. The molecule has 0 spiro atoms. The molecule has 0 saturated carbocycles. The summed E-state index contributed by atoms with van der Waals surface area (Å²) in [5, 5.41) is 37.3. The highest BCUT2D eigenvalue weighted by molar-refractivity contribution is 7.79. The Balaban J connectivity index is 0.000000427. The predicted octanol–water partition coefficient (Wildman–Crippen LogP) is 4.36. The number of aliphatic hydroxyl groups excluding tert-OH is 2. The van der Waals surface area contributed by atoms with Gasteiger partial charge in [0.15, 0.2) is 0 Å². The van der Waals surface area contributed by atoms with Crippen molar-refractivity contribution in [2.75, 3.05) is 62.7 Å². The number of amides is 1. The number of carbonyl (C=O) groups is 1. The maximum atomic E-state index is 12.2. The third kappa shape index (κ3) is 7.84. The Morgan fingerprint density at radius 3 is 2.20 bits per heavy atom. The van der Waals surface area contributed by atoms with Gasteiger partial charge in [-0.3, -0.25) is 4.79 Å². The molecule has 234 valence electrons. The quantitative estimate of drug-likeness (QED) is 0.189. The highest BCUT2D eigenvalue weighted by Gasteiger charge is 2.30. The number of rotatable bonds is 4. The minimum atomic E-state index is -1.36. The number of nitrogens with zero attached hydrogens (tertiary/aromatic N) is 7. The van der Waals surface area contributed by atoms with Crippen molar-refractivity contribution in [1.82, 2.24) is 19.8 Å². The van der Waals surface area contributed by atoms with Gasteiger partial charge in [0, 0.05) is 56.3 Å². The number of nitriles is 1. The van der Waals surface area contributed by atoms with E-state index in [-0.39, 0.29) is 0 Å². The molecule has 1 aromatic heterocycles. The van der Waals surface area contributed by atoms with Gasteiger partial charge in [-0.1, -0.05) is 36.4 Å². The lowest BCUT2D eigenvalue weighted by molar-refractivity contribution is -0.131. The molecule has 44 heavy (non-hydrogen) atoms. The fraction of sp³-hybridized carbons (Fsp3) is 0.438. The van der Waals surface area contributed by atoms with Gasteiger partial charge in [-0.15, -0.1) is 0 Å². The van der Waals surface area contributed by atoms with Gasteiger partial charge in [-0.05, 0) is 50.9 Å². The molecule has 0 bridgehead atoms. The van der Waals surface area contributed by atoms with Crippen molar-refractivity contribution in [3.63, 3.8) is 0 Å². The maximum absolute atomic E-state index is 12.2. The minimum Gasteiger partial charge on any atom is -0.498 e. The smallest absolute Gasteiger partial charge is 0.324 e. The second-order valence-electron chi connectivity index (χ2n) is 10.9. The van der Waals surface area contributed by atoms with Gasteiger partial charge in [0.25, 0.3) is 11.7 Å². The fourth-order valence-electron chi connectivity index (χ4n) is 5.72. The first-order valence-corrected chi connectivity index (χ1v) is 15.5. The van der Waals surface area contributed by atoms with Crippen LogP contribution in [0.2, 0.25) is 0 Å². The average molecular weight is 620 g/mol. The zero-order chi connectivity index (χ0) is 31.6. The largest absolute Gasteiger partial charge is 0.498 e. The SMILES string of the molecule is CC#N.CN1CCCC1.O=C(C(O)=C(O)O)N1CCN(c2nc(CS)nc3c2CCN(c2cccc4ccccc24)C3)CC1. The summed E-state index contributed by atoms with van der Waals surface area (Å²) in [5.41, 5.74) is 3.29. The number of anilines is 2. The van der Waals surface area contributed by atoms with E-state index < -0.39 is 17.6 Å². The highest BCUT2D eigenvalue weighted by Crippen LogP contribution is 2.33. The lowest BCUT2D eigenvalue weighted by atomic mass is 10.0. The Kier molecular flexibility index (Phi) is 11.5. The van der Waals surface area contributed by atoms with E-state index in [1.807, 2.05) is 6.07 Å². The molecule has 3 N–H and O–H groups in total. The molecule has 1 amide bonds. The van der Waals surface area contributed by atoms with Crippen molar-refractivity contribution < 1.29 is 20.1 Å². The van der Waals surface area contributed by atoms with Crippen LogP contribution in [0.1, 0.15) is 36.8 Å². The Hall–Kier alpha value is -4.21. The molecule has 3 aliphatic heterocycles.